The summed E-state index contributed by atoms with van der Waals surface area (Å²) < 4.78 is 10.4. The summed E-state index contributed by atoms with van der Waals surface area (Å²) in [6.07, 6.45) is 12.2. The first-order chi connectivity index (χ1) is 12.5. The minimum atomic E-state index is 0.382. The molecule has 0 saturated heterocycles. The monoisotopic (exact) mass is 376 g/mol. The van der Waals surface area contributed by atoms with Gasteiger partial charge in [-0.25, -0.2) is 0 Å². The molecule has 0 fully saturated rings. The molecule has 8 N–H and O–H groups in total. The highest BCUT2D eigenvalue weighted by atomic mass is 16.5. The van der Waals surface area contributed by atoms with Crippen LogP contribution in [0.2, 0.25) is 0 Å². The van der Waals surface area contributed by atoms with Crippen molar-refractivity contribution in [2.24, 2.45) is 22.9 Å². The molecule has 0 rings (SSSR count). The van der Waals surface area contributed by atoms with Gasteiger partial charge in [-0.3, -0.25) is 0 Å². The smallest absolute Gasteiger partial charge is 0.0700 e. The van der Waals surface area contributed by atoms with Crippen molar-refractivity contribution < 1.29 is 9.47 Å². The number of ether oxygens (including phenoxy) is 2. The molecule has 2 atom stereocenters. The summed E-state index contributed by atoms with van der Waals surface area (Å²) in [4.78, 5) is 0. The summed E-state index contributed by atoms with van der Waals surface area (Å²) in [6, 6.07) is 0.765. The lowest BCUT2D eigenvalue weighted by atomic mass is 10.0. The highest BCUT2D eigenvalue weighted by molar-refractivity contribution is 4.55. The van der Waals surface area contributed by atoms with E-state index in [0.717, 1.165) is 26.1 Å². The Bertz CT molecular complexity index is 218. The molecule has 0 radical (unpaired) electrons. The molecule has 0 aliphatic carbocycles. The molecule has 160 valence electrons. The number of hydrogen-bond donors (Lipinski definition) is 4. The van der Waals surface area contributed by atoms with E-state index in [1.807, 2.05) is 0 Å². The van der Waals surface area contributed by atoms with Gasteiger partial charge in [0.25, 0.3) is 0 Å². The molecule has 0 spiro atoms. The zero-order chi connectivity index (χ0) is 19.9. The van der Waals surface area contributed by atoms with Crippen LogP contribution in [0.15, 0.2) is 0 Å². The summed E-state index contributed by atoms with van der Waals surface area (Å²) in [5, 5.41) is 0. The van der Waals surface area contributed by atoms with Gasteiger partial charge in [0, 0.05) is 25.3 Å². The molecule has 0 aromatic carbocycles. The van der Waals surface area contributed by atoms with Gasteiger partial charge in [0.05, 0.1) is 13.2 Å². The lowest BCUT2D eigenvalue weighted by molar-refractivity contribution is 0.0471. The Balaban J connectivity index is 0. The lowest BCUT2D eigenvalue weighted by Crippen LogP contribution is -2.14. The maximum Gasteiger partial charge on any atom is 0.0700 e. The zero-order valence-electron chi connectivity index (χ0n) is 17.6. The van der Waals surface area contributed by atoms with Crippen molar-refractivity contribution in [1.82, 2.24) is 0 Å². The van der Waals surface area contributed by atoms with Crippen molar-refractivity contribution in [3.05, 3.63) is 0 Å². The topological polar surface area (TPSA) is 123 Å². The lowest BCUT2D eigenvalue weighted by Gasteiger charge is -2.05. The first kappa shape index (κ1) is 28.0. The molecule has 0 saturated carbocycles. The summed E-state index contributed by atoms with van der Waals surface area (Å²) in [6.45, 7) is 8.33. The van der Waals surface area contributed by atoms with Crippen LogP contribution < -0.4 is 22.9 Å². The molecule has 0 aliphatic heterocycles. The third-order valence-electron chi connectivity index (χ3n) is 3.93. The first-order valence-corrected chi connectivity index (χ1v) is 10.6. The Hall–Kier alpha value is -0.240. The SMILES string of the molecule is CC(N)CCCCCCCCC(C)N.NCCCOCCOCCCN. The van der Waals surface area contributed by atoms with Gasteiger partial charge in [-0.2, -0.15) is 0 Å². The van der Waals surface area contributed by atoms with Gasteiger partial charge < -0.3 is 32.4 Å². The summed E-state index contributed by atoms with van der Waals surface area (Å²) >= 11 is 0. The van der Waals surface area contributed by atoms with Gasteiger partial charge in [0.1, 0.15) is 0 Å². The quantitative estimate of drug-likeness (QED) is 0.273. The number of nitrogens with two attached hydrogens (primary N) is 4. The van der Waals surface area contributed by atoms with E-state index < -0.39 is 0 Å². The fraction of sp³-hybridized carbons (Fsp3) is 1.00. The van der Waals surface area contributed by atoms with Gasteiger partial charge in [0.2, 0.25) is 0 Å². The molecule has 2 unspecified atom stereocenters. The molecule has 0 bridgehead atoms. The molecule has 0 aliphatic rings. The van der Waals surface area contributed by atoms with Crippen LogP contribution in [0.3, 0.4) is 0 Å². The highest BCUT2D eigenvalue weighted by Crippen LogP contribution is 2.09. The number of rotatable bonds is 18. The van der Waals surface area contributed by atoms with E-state index in [9.17, 15) is 0 Å². The highest BCUT2D eigenvalue weighted by Gasteiger charge is 1.96. The molecule has 26 heavy (non-hydrogen) atoms. The van der Waals surface area contributed by atoms with E-state index in [1.54, 1.807) is 0 Å². The second kappa shape index (κ2) is 24.8. The molecular weight excluding hydrogens is 328 g/mol. The van der Waals surface area contributed by atoms with Gasteiger partial charge in [-0.1, -0.05) is 38.5 Å². The van der Waals surface area contributed by atoms with E-state index in [2.05, 4.69) is 13.8 Å². The first-order valence-electron chi connectivity index (χ1n) is 10.6. The van der Waals surface area contributed by atoms with E-state index in [4.69, 9.17) is 32.4 Å². The van der Waals surface area contributed by atoms with Crippen LogP contribution in [0.4, 0.5) is 0 Å². The van der Waals surface area contributed by atoms with Crippen molar-refractivity contribution in [3.8, 4) is 0 Å². The summed E-state index contributed by atoms with van der Waals surface area (Å²) in [5.74, 6) is 0. The summed E-state index contributed by atoms with van der Waals surface area (Å²) in [5.41, 5.74) is 21.9. The van der Waals surface area contributed by atoms with Gasteiger partial charge in [0.15, 0.2) is 0 Å². The van der Waals surface area contributed by atoms with Crippen LogP contribution in [-0.4, -0.2) is 51.6 Å². The largest absolute Gasteiger partial charge is 0.379 e. The van der Waals surface area contributed by atoms with E-state index in [1.165, 1.54) is 51.4 Å². The van der Waals surface area contributed by atoms with Crippen LogP contribution in [0, 0.1) is 0 Å². The second-order valence-electron chi connectivity index (χ2n) is 7.16. The Kier molecular flexibility index (Phi) is 26.6. The van der Waals surface area contributed by atoms with Crippen molar-refractivity contribution in [1.29, 1.82) is 0 Å². The van der Waals surface area contributed by atoms with Gasteiger partial charge in [-0.15, -0.1) is 0 Å². The Morgan fingerprint density at radius 2 is 0.885 bits per heavy atom. The Morgan fingerprint density at radius 3 is 1.19 bits per heavy atom. The zero-order valence-corrected chi connectivity index (χ0v) is 17.6. The van der Waals surface area contributed by atoms with Crippen molar-refractivity contribution in [2.75, 3.05) is 39.5 Å². The van der Waals surface area contributed by atoms with E-state index >= 15 is 0 Å². The standard InChI is InChI=1S/C12H28N2.C8H20N2O2/c1-11(13)9-7-5-3-4-6-8-10-12(2)14;9-3-1-5-11-7-8-12-6-2-4-10/h11-12H,3-10,13-14H2,1-2H3;1-10H2. The molecule has 0 aromatic heterocycles. The van der Waals surface area contributed by atoms with Crippen LogP contribution in [0.25, 0.3) is 0 Å². The van der Waals surface area contributed by atoms with Gasteiger partial charge >= 0.3 is 0 Å². The average molecular weight is 377 g/mol. The molecule has 6 heteroatoms. The molecular formula is C20H48N4O2. The predicted octanol–water partition coefficient (Wildman–Crippen LogP) is 2.52. The number of hydrogen-bond acceptors (Lipinski definition) is 6. The van der Waals surface area contributed by atoms with Crippen LogP contribution in [0.5, 0.6) is 0 Å². The van der Waals surface area contributed by atoms with E-state index in [-0.39, 0.29) is 0 Å². The fourth-order valence-electron chi connectivity index (χ4n) is 2.33. The predicted molar refractivity (Wildman–Crippen MR) is 113 cm³/mol. The third kappa shape index (κ3) is 31.5. The third-order valence-corrected chi connectivity index (χ3v) is 3.93. The Morgan fingerprint density at radius 1 is 0.538 bits per heavy atom. The van der Waals surface area contributed by atoms with Crippen LogP contribution in [-0.2, 0) is 9.47 Å². The fourth-order valence-corrected chi connectivity index (χ4v) is 2.33. The maximum atomic E-state index is 5.67. The van der Waals surface area contributed by atoms with E-state index in [0.29, 0.717) is 38.4 Å². The van der Waals surface area contributed by atoms with Crippen LogP contribution in [0.1, 0.15) is 78.1 Å². The van der Waals surface area contributed by atoms with Crippen molar-refractivity contribution in [2.45, 2.75) is 90.1 Å². The normalized spacial score (nSPS) is 13.2. The van der Waals surface area contributed by atoms with Crippen molar-refractivity contribution >= 4 is 0 Å². The average Bonchev–Trinajstić information content (AvgIpc) is 2.60. The molecule has 0 amide bonds. The maximum absolute atomic E-state index is 5.67. The molecule has 0 aromatic rings. The second-order valence-corrected chi connectivity index (χ2v) is 7.16. The van der Waals surface area contributed by atoms with Gasteiger partial charge in [-0.05, 0) is 52.6 Å². The molecule has 6 nitrogen and oxygen atoms in total. The van der Waals surface area contributed by atoms with Crippen LogP contribution >= 0.6 is 0 Å². The summed E-state index contributed by atoms with van der Waals surface area (Å²) in [7, 11) is 0. The molecule has 0 heterocycles. The minimum absolute atomic E-state index is 0.382. The number of unbranched alkanes of at least 4 members (excludes halogenated alkanes) is 5. The van der Waals surface area contributed by atoms with Crippen molar-refractivity contribution in [3.63, 3.8) is 0 Å². The minimum Gasteiger partial charge on any atom is -0.379 e. The Labute approximate surface area is 162 Å².